The Morgan fingerprint density at radius 3 is 1.76 bits per heavy atom. The van der Waals surface area contributed by atoms with Crippen molar-refractivity contribution < 1.29 is 50.9 Å². The summed E-state index contributed by atoms with van der Waals surface area (Å²) in [6.07, 6.45) is -6.26. The summed E-state index contributed by atoms with van der Waals surface area (Å²) in [5, 5.41) is 17.1. The zero-order valence-electron chi connectivity index (χ0n) is 18.4. The smallest absolute Gasteiger partial charge is 0.475 e. The summed E-state index contributed by atoms with van der Waals surface area (Å²) in [7, 11) is 1.76. The number of carboxylic acid groups (broad SMARTS) is 2. The molecule has 0 aromatic rings. The van der Waals surface area contributed by atoms with Gasteiger partial charge in [0.15, 0.2) is 0 Å². The first-order valence-electron chi connectivity index (χ1n) is 10.3. The number of amides is 1. The van der Waals surface area contributed by atoms with Crippen LogP contribution in [0.3, 0.4) is 0 Å². The number of likely N-dealkylation sites (tertiary alicyclic amines) is 2. The molecule has 3 atom stereocenters. The minimum absolute atomic E-state index is 0.100. The van der Waals surface area contributed by atoms with E-state index in [1.165, 1.54) is 32.5 Å². The van der Waals surface area contributed by atoms with E-state index in [0.29, 0.717) is 18.0 Å². The molecular weight excluding hydrogens is 464 g/mol. The predicted octanol–water partition coefficient (Wildman–Crippen LogP) is 2.19. The highest BCUT2D eigenvalue weighted by atomic mass is 19.4. The Labute approximate surface area is 186 Å². The highest BCUT2D eigenvalue weighted by Gasteiger charge is 2.49. The van der Waals surface area contributed by atoms with Gasteiger partial charge in [0.2, 0.25) is 5.91 Å². The standard InChI is InChI=1S/C15H27N3O.2C2HF3O2/c1-10(2)18-13(15(19)16-3)6-12-8-17(9-14(12)18)7-11-4-5-11;2*3-2(4,5)1(6)7/h10-14H,4-9H2,1-3H3,(H,16,19);2*(H,6,7)/t12-,13-,14+;;/m0../s1. The molecule has 0 spiro atoms. The van der Waals surface area contributed by atoms with Gasteiger partial charge < -0.3 is 20.4 Å². The van der Waals surface area contributed by atoms with E-state index in [9.17, 15) is 31.1 Å². The number of hydrogen-bond acceptors (Lipinski definition) is 5. The third-order valence-corrected chi connectivity index (χ3v) is 5.59. The Morgan fingerprint density at radius 1 is 0.970 bits per heavy atom. The fraction of sp³-hybridized carbons (Fsp3) is 0.842. The summed E-state index contributed by atoms with van der Waals surface area (Å²) in [4.78, 5) is 35.0. The zero-order chi connectivity index (χ0) is 25.7. The zero-order valence-corrected chi connectivity index (χ0v) is 18.4. The molecule has 8 nitrogen and oxygen atoms in total. The normalized spacial score (nSPS) is 25.5. The Balaban J connectivity index is 0.000000324. The minimum atomic E-state index is -5.08. The van der Waals surface area contributed by atoms with Crippen molar-refractivity contribution in [3.05, 3.63) is 0 Å². The van der Waals surface area contributed by atoms with Gasteiger partial charge in [0, 0.05) is 38.8 Å². The third kappa shape index (κ3) is 8.99. The van der Waals surface area contributed by atoms with Gasteiger partial charge in [-0.2, -0.15) is 26.3 Å². The average molecular weight is 493 g/mol. The van der Waals surface area contributed by atoms with Crippen molar-refractivity contribution in [3.8, 4) is 0 Å². The lowest BCUT2D eigenvalue weighted by molar-refractivity contribution is -0.193. The molecule has 3 N–H and O–H groups in total. The van der Waals surface area contributed by atoms with Gasteiger partial charge in [-0.15, -0.1) is 0 Å². The third-order valence-electron chi connectivity index (χ3n) is 5.59. The fourth-order valence-corrected chi connectivity index (χ4v) is 4.12. The van der Waals surface area contributed by atoms with Crippen LogP contribution in [0.4, 0.5) is 26.3 Å². The molecule has 0 radical (unpaired) electrons. The number of nitrogens with zero attached hydrogens (tertiary/aromatic N) is 2. The molecule has 192 valence electrons. The molecule has 3 fully saturated rings. The van der Waals surface area contributed by atoms with Crippen LogP contribution < -0.4 is 5.32 Å². The van der Waals surface area contributed by atoms with Crippen LogP contribution in [0.15, 0.2) is 0 Å². The lowest BCUT2D eigenvalue weighted by Gasteiger charge is -2.33. The largest absolute Gasteiger partial charge is 0.490 e. The quantitative estimate of drug-likeness (QED) is 0.515. The van der Waals surface area contributed by atoms with Crippen molar-refractivity contribution in [2.75, 3.05) is 26.7 Å². The van der Waals surface area contributed by atoms with E-state index in [-0.39, 0.29) is 11.9 Å². The van der Waals surface area contributed by atoms with Gasteiger partial charge in [-0.05, 0) is 44.9 Å². The summed E-state index contributed by atoms with van der Waals surface area (Å²) in [6.45, 7) is 8.12. The van der Waals surface area contributed by atoms with Gasteiger partial charge in [0.05, 0.1) is 6.04 Å². The summed E-state index contributed by atoms with van der Waals surface area (Å²) in [5.74, 6) is -3.64. The number of halogens is 6. The van der Waals surface area contributed by atoms with Crippen molar-refractivity contribution >= 4 is 17.8 Å². The number of hydrogen-bond donors (Lipinski definition) is 3. The predicted molar refractivity (Wildman–Crippen MR) is 103 cm³/mol. The molecule has 14 heteroatoms. The second-order valence-electron chi connectivity index (χ2n) is 8.50. The Bertz CT molecular complexity index is 672. The number of fused-ring (bicyclic) bond motifs is 1. The maximum atomic E-state index is 12.1. The van der Waals surface area contributed by atoms with E-state index in [1.807, 2.05) is 0 Å². The maximum Gasteiger partial charge on any atom is 0.490 e. The Hall–Kier alpha value is -2.09. The molecule has 2 aliphatic heterocycles. The molecule has 0 bridgehead atoms. The SMILES string of the molecule is CNC(=O)[C@@H]1C[C@H]2CN(CC3CC3)C[C@H]2N1C(C)C.O=C(O)C(F)(F)F.O=C(O)C(F)(F)F. The first-order valence-corrected chi connectivity index (χ1v) is 10.3. The second kappa shape index (κ2) is 11.4. The van der Waals surface area contributed by atoms with Crippen molar-refractivity contribution in [1.29, 1.82) is 0 Å². The van der Waals surface area contributed by atoms with Crippen molar-refractivity contribution in [1.82, 2.24) is 15.1 Å². The molecule has 1 saturated carbocycles. The first-order chi connectivity index (χ1) is 15.0. The lowest BCUT2D eigenvalue weighted by Crippen LogP contribution is -2.50. The number of aliphatic carboxylic acids is 2. The van der Waals surface area contributed by atoms with Crippen LogP contribution in [0.25, 0.3) is 0 Å². The van der Waals surface area contributed by atoms with E-state index >= 15 is 0 Å². The van der Waals surface area contributed by atoms with E-state index in [1.54, 1.807) is 7.05 Å². The molecule has 2 saturated heterocycles. The number of carboxylic acids is 2. The summed E-state index contributed by atoms with van der Waals surface area (Å²) < 4.78 is 63.5. The minimum Gasteiger partial charge on any atom is -0.475 e. The molecule has 3 aliphatic rings. The van der Waals surface area contributed by atoms with Crippen LogP contribution in [0.2, 0.25) is 0 Å². The van der Waals surface area contributed by atoms with Gasteiger partial charge in [0.1, 0.15) is 0 Å². The molecule has 3 rings (SSSR count). The number of alkyl halides is 6. The van der Waals surface area contributed by atoms with Crippen molar-refractivity contribution in [2.24, 2.45) is 11.8 Å². The van der Waals surface area contributed by atoms with Gasteiger partial charge in [0.25, 0.3) is 0 Å². The summed E-state index contributed by atoms with van der Waals surface area (Å²) in [5.41, 5.74) is 0. The Kier molecular flexibility index (Phi) is 9.96. The monoisotopic (exact) mass is 493 g/mol. The van der Waals surface area contributed by atoms with Gasteiger partial charge in [-0.25, -0.2) is 9.59 Å². The van der Waals surface area contributed by atoms with E-state index < -0.39 is 24.3 Å². The van der Waals surface area contributed by atoms with Gasteiger partial charge >= 0.3 is 24.3 Å². The molecule has 0 aromatic heterocycles. The number of nitrogens with one attached hydrogen (secondary N) is 1. The molecule has 0 unspecified atom stereocenters. The van der Waals surface area contributed by atoms with Crippen LogP contribution >= 0.6 is 0 Å². The molecular formula is C19H29F6N3O5. The van der Waals surface area contributed by atoms with Gasteiger partial charge in [-0.1, -0.05) is 0 Å². The molecule has 33 heavy (non-hydrogen) atoms. The molecule has 2 heterocycles. The van der Waals surface area contributed by atoms with Crippen LogP contribution in [-0.4, -0.2) is 95.0 Å². The van der Waals surface area contributed by atoms with E-state index in [4.69, 9.17) is 19.8 Å². The van der Waals surface area contributed by atoms with Crippen molar-refractivity contribution in [3.63, 3.8) is 0 Å². The van der Waals surface area contributed by atoms with Crippen LogP contribution in [0, 0.1) is 11.8 Å². The molecule has 1 aliphatic carbocycles. The van der Waals surface area contributed by atoms with Crippen LogP contribution in [-0.2, 0) is 14.4 Å². The molecule has 0 aromatic carbocycles. The average Bonchev–Trinajstić information content (AvgIpc) is 3.28. The summed E-state index contributed by atoms with van der Waals surface area (Å²) >= 11 is 0. The Morgan fingerprint density at radius 2 is 1.42 bits per heavy atom. The van der Waals surface area contributed by atoms with Crippen LogP contribution in [0.1, 0.15) is 33.1 Å². The lowest BCUT2D eigenvalue weighted by atomic mass is 10.0. The number of carbonyl (C=O) groups is 3. The summed E-state index contributed by atoms with van der Waals surface area (Å²) in [6, 6.07) is 1.15. The van der Waals surface area contributed by atoms with E-state index in [0.717, 1.165) is 12.3 Å². The first kappa shape index (κ1) is 28.9. The van der Waals surface area contributed by atoms with Crippen molar-refractivity contribution in [2.45, 2.75) is 63.6 Å². The highest BCUT2D eigenvalue weighted by Crippen LogP contribution is 2.39. The topological polar surface area (TPSA) is 110 Å². The highest BCUT2D eigenvalue weighted by molar-refractivity contribution is 5.82. The second-order valence-corrected chi connectivity index (χ2v) is 8.50. The van der Waals surface area contributed by atoms with E-state index in [2.05, 4.69) is 29.0 Å². The number of carbonyl (C=O) groups excluding carboxylic acids is 1. The number of rotatable bonds is 4. The maximum absolute atomic E-state index is 12.1. The molecule has 1 amide bonds. The van der Waals surface area contributed by atoms with Gasteiger partial charge in [-0.3, -0.25) is 9.69 Å². The van der Waals surface area contributed by atoms with Crippen LogP contribution in [0.5, 0.6) is 0 Å². The number of likely N-dealkylation sites (N-methyl/N-ethyl adjacent to an activating group) is 1. The fourth-order valence-electron chi connectivity index (χ4n) is 4.12.